The number of hydrogen-bond donors (Lipinski definition) is 3. The zero-order valence-corrected chi connectivity index (χ0v) is 39.9. The van der Waals surface area contributed by atoms with Crippen molar-refractivity contribution in [3.8, 4) is 0 Å². The summed E-state index contributed by atoms with van der Waals surface area (Å²) in [6, 6.07) is -0.649. The molecule has 0 rings (SSSR count). The van der Waals surface area contributed by atoms with Crippen molar-refractivity contribution in [2.24, 2.45) is 0 Å². The number of allylic oxidation sites excluding steroid dienone is 5. The molecule has 0 radical (unpaired) electrons. The Bertz CT molecular complexity index is 977. The van der Waals surface area contributed by atoms with Crippen LogP contribution >= 0.6 is 0 Å². The van der Waals surface area contributed by atoms with Gasteiger partial charge in [-0.1, -0.05) is 217 Å². The first-order chi connectivity index (χ1) is 29.5. The fourth-order valence-electron chi connectivity index (χ4n) is 7.78. The summed E-state index contributed by atoms with van der Waals surface area (Å²) >= 11 is 0. The van der Waals surface area contributed by atoms with E-state index in [1.807, 2.05) is 6.08 Å². The molecule has 0 saturated carbocycles. The minimum Gasteiger partial charge on any atom is -0.466 e. The topological polar surface area (TPSA) is 95.9 Å². The first-order valence-corrected chi connectivity index (χ1v) is 26.3. The van der Waals surface area contributed by atoms with Crippen LogP contribution in [-0.2, 0) is 14.3 Å². The zero-order valence-electron chi connectivity index (χ0n) is 39.9. The Kier molecular flexibility index (Phi) is 48.1. The molecule has 0 fully saturated rings. The maximum Gasteiger partial charge on any atom is 0.305 e. The van der Waals surface area contributed by atoms with Crippen molar-refractivity contribution in [1.82, 2.24) is 5.32 Å². The van der Waals surface area contributed by atoms with Crippen molar-refractivity contribution in [3.63, 3.8) is 0 Å². The molecule has 0 aliphatic rings. The third-order valence-corrected chi connectivity index (χ3v) is 11.9. The number of aliphatic hydroxyl groups excluding tert-OH is 2. The lowest BCUT2D eigenvalue weighted by atomic mass is 10.0. The highest BCUT2D eigenvalue weighted by molar-refractivity contribution is 5.76. The second-order valence-electron chi connectivity index (χ2n) is 17.8. The van der Waals surface area contributed by atoms with E-state index in [0.717, 1.165) is 70.6 Å². The van der Waals surface area contributed by atoms with Crippen molar-refractivity contribution < 1.29 is 24.5 Å². The third-order valence-electron chi connectivity index (χ3n) is 11.9. The van der Waals surface area contributed by atoms with Gasteiger partial charge in [-0.05, 0) is 77.0 Å². The molecule has 3 N–H and O–H groups in total. The van der Waals surface area contributed by atoms with E-state index in [9.17, 15) is 19.8 Å². The SMILES string of the molecule is CCCC/C=C\CCCCCCCC(=O)OCCCCCCCC/C=C\CCCCCC(=O)NC(CO)C(O)/C=C/CCCCCCCCCCCCCCCCCCC. The number of aliphatic hydroxyl groups is 2. The molecule has 0 aliphatic carbocycles. The molecule has 6 heteroatoms. The molecule has 0 saturated heterocycles. The van der Waals surface area contributed by atoms with Crippen LogP contribution in [0.5, 0.6) is 0 Å². The minimum absolute atomic E-state index is 0.0255. The lowest BCUT2D eigenvalue weighted by Gasteiger charge is -2.19. The van der Waals surface area contributed by atoms with Gasteiger partial charge in [-0.2, -0.15) is 0 Å². The Hall–Kier alpha value is -1.92. The van der Waals surface area contributed by atoms with Gasteiger partial charge in [-0.25, -0.2) is 0 Å². The zero-order chi connectivity index (χ0) is 43.7. The molecule has 0 heterocycles. The van der Waals surface area contributed by atoms with E-state index >= 15 is 0 Å². The summed E-state index contributed by atoms with van der Waals surface area (Å²) in [5.41, 5.74) is 0. The average Bonchev–Trinajstić information content (AvgIpc) is 3.25. The number of ether oxygens (including phenoxy) is 1. The summed E-state index contributed by atoms with van der Waals surface area (Å²) in [7, 11) is 0. The van der Waals surface area contributed by atoms with Crippen molar-refractivity contribution >= 4 is 11.9 Å². The van der Waals surface area contributed by atoms with Gasteiger partial charge in [-0.15, -0.1) is 0 Å². The van der Waals surface area contributed by atoms with E-state index in [1.165, 1.54) is 173 Å². The normalized spacial score (nSPS) is 12.9. The Morgan fingerprint density at radius 1 is 0.450 bits per heavy atom. The highest BCUT2D eigenvalue weighted by Gasteiger charge is 2.18. The predicted octanol–water partition coefficient (Wildman–Crippen LogP) is 15.7. The van der Waals surface area contributed by atoms with Crippen LogP contribution in [0.2, 0.25) is 0 Å². The fourth-order valence-corrected chi connectivity index (χ4v) is 7.78. The molecule has 60 heavy (non-hydrogen) atoms. The standard InChI is InChI=1S/C54H101NO5/c1-3-5-7-9-11-13-15-16-17-18-19-20-21-23-27-30-34-38-42-46-52(57)51(50-56)55-53(58)47-43-39-35-31-28-24-22-25-29-33-37-41-45-49-60-54(59)48-44-40-36-32-26-14-12-10-8-6-4-2/h10,12,24,28,42,46,51-52,56-57H,3-9,11,13-23,25-27,29-41,43-45,47-50H2,1-2H3,(H,55,58)/b12-10-,28-24-,46-42+. The summed E-state index contributed by atoms with van der Waals surface area (Å²) in [5, 5.41) is 23.1. The van der Waals surface area contributed by atoms with Crippen LogP contribution in [0.4, 0.5) is 0 Å². The number of unbranched alkanes of at least 4 members (excludes halogenated alkanes) is 33. The van der Waals surface area contributed by atoms with E-state index in [4.69, 9.17) is 4.74 Å². The average molecular weight is 844 g/mol. The Morgan fingerprint density at radius 3 is 1.25 bits per heavy atom. The largest absolute Gasteiger partial charge is 0.466 e. The van der Waals surface area contributed by atoms with E-state index in [2.05, 4.69) is 43.5 Å². The lowest BCUT2D eigenvalue weighted by molar-refractivity contribution is -0.143. The van der Waals surface area contributed by atoms with Crippen LogP contribution in [0.25, 0.3) is 0 Å². The van der Waals surface area contributed by atoms with E-state index in [-0.39, 0.29) is 18.5 Å². The number of rotatable bonds is 48. The molecule has 0 bridgehead atoms. The number of nitrogens with one attached hydrogen (secondary N) is 1. The first kappa shape index (κ1) is 58.1. The van der Waals surface area contributed by atoms with E-state index in [0.29, 0.717) is 19.4 Å². The molecule has 1 amide bonds. The molecular weight excluding hydrogens is 743 g/mol. The molecule has 0 spiro atoms. The van der Waals surface area contributed by atoms with Crippen LogP contribution in [0.3, 0.4) is 0 Å². The Balaban J connectivity index is 3.56. The molecule has 0 aromatic carbocycles. The van der Waals surface area contributed by atoms with Gasteiger partial charge in [0.05, 0.1) is 25.4 Å². The highest BCUT2D eigenvalue weighted by atomic mass is 16.5. The molecular formula is C54H101NO5. The molecule has 2 unspecified atom stereocenters. The maximum absolute atomic E-state index is 12.4. The summed E-state index contributed by atoms with van der Waals surface area (Å²) < 4.78 is 5.43. The van der Waals surface area contributed by atoms with E-state index < -0.39 is 12.1 Å². The van der Waals surface area contributed by atoms with E-state index in [1.54, 1.807) is 6.08 Å². The highest BCUT2D eigenvalue weighted by Crippen LogP contribution is 2.15. The molecule has 0 aromatic rings. The molecule has 0 aromatic heterocycles. The van der Waals surface area contributed by atoms with Gasteiger partial charge < -0.3 is 20.3 Å². The summed E-state index contributed by atoms with van der Waals surface area (Å²) in [4.78, 5) is 24.4. The van der Waals surface area contributed by atoms with Gasteiger partial charge in [0.2, 0.25) is 5.91 Å². The van der Waals surface area contributed by atoms with Crippen molar-refractivity contribution in [2.45, 2.75) is 283 Å². The van der Waals surface area contributed by atoms with Gasteiger partial charge in [0.1, 0.15) is 0 Å². The number of amides is 1. The predicted molar refractivity (Wildman–Crippen MR) is 259 cm³/mol. The maximum atomic E-state index is 12.4. The number of hydrogen-bond acceptors (Lipinski definition) is 5. The quantitative estimate of drug-likeness (QED) is 0.0322. The third kappa shape index (κ3) is 45.6. The Morgan fingerprint density at radius 2 is 0.800 bits per heavy atom. The van der Waals surface area contributed by atoms with Crippen molar-refractivity contribution in [2.75, 3.05) is 13.2 Å². The van der Waals surface area contributed by atoms with Gasteiger partial charge in [-0.3, -0.25) is 9.59 Å². The molecule has 6 nitrogen and oxygen atoms in total. The van der Waals surface area contributed by atoms with Crippen LogP contribution in [0.15, 0.2) is 36.5 Å². The summed E-state index contributed by atoms with van der Waals surface area (Å²) in [5.74, 6) is -0.123. The summed E-state index contributed by atoms with van der Waals surface area (Å²) in [6.07, 6.45) is 60.0. The van der Waals surface area contributed by atoms with Gasteiger partial charge in [0, 0.05) is 12.8 Å². The van der Waals surface area contributed by atoms with Gasteiger partial charge >= 0.3 is 5.97 Å². The number of carbonyl (C=O) groups is 2. The monoisotopic (exact) mass is 844 g/mol. The number of carbonyl (C=O) groups excluding carboxylic acids is 2. The van der Waals surface area contributed by atoms with Gasteiger partial charge in [0.15, 0.2) is 0 Å². The van der Waals surface area contributed by atoms with Crippen molar-refractivity contribution in [3.05, 3.63) is 36.5 Å². The van der Waals surface area contributed by atoms with Crippen LogP contribution in [-0.4, -0.2) is 47.4 Å². The van der Waals surface area contributed by atoms with Crippen LogP contribution < -0.4 is 5.32 Å². The second-order valence-corrected chi connectivity index (χ2v) is 17.8. The second kappa shape index (κ2) is 49.7. The summed E-state index contributed by atoms with van der Waals surface area (Å²) in [6.45, 7) is 4.82. The Labute approximate surface area is 373 Å². The molecule has 0 aliphatic heterocycles. The number of esters is 1. The molecule has 2 atom stereocenters. The van der Waals surface area contributed by atoms with Gasteiger partial charge in [0.25, 0.3) is 0 Å². The smallest absolute Gasteiger partial charge is 0.305 e. The van der Waals surface area contributed by atoms with Crippen molar-refractivity contribution in [1.29, 1.82) is 0 Å². The minimum atomic E-state index is -0.862. The van der Waals surface area contributed by atoms with Crippen LogP contribution in [0, 0.1) is 0 Å². The fraction of sp³-hybridized carbons (Fsp3) is 0.852. The lowest BCUT2D eigenvalue weighted by Crippen LogP contribution is -2.45. The first-order valence-electron chi connectivity index (χ1n) is 26.3. The molecule has 352 valence electrons. The van der Waals surface area contributed by atoms with Crippen LogP contribution in [0.1, 0.15) is 271 Å².